The van der Waals surface area contributed by atoms with Gasteiger partial charge in [0.15, 0.2) is 11.6 Å². The van der Waals surface area contributed by atoms with Gasteiger partial charge in [0, 0.05) is 18.0 Å². The first-order chi connectivity index (χ1) is 8.59. The van der Waals surface area contributed by atoms with E-state index in [0.717, 1.165) is 0 Å². The second-order valence-electron chi connectivity index (χ2n) is 3.18. The van der Waals surface area contributed by atoms with Crippen LogP contribution in [0.15, 0.2) is 24.5 Å². The second kappa shape index (κ2) is 4.84. The first kappa shape index (κ1) is 12.0. The molecule has 6 heteroatoms. The first-order valence-corrected chi connectivity index (χ1v) is 4.71. The molecule has 0 atom stereocenters. The summed E-state index contributed by atoms with van der Waals surface area (Å²) >= 11 is 0. The van der Waals surface area contributed by atoms with Crippen LogP contribution in [-0.2, 0) is 0 Å². The summed E-state index contributed by atoms with van der Waals surface area (Å²) in [5, 5.41) is 0. The van der Waals surface area contributed by atoms with Gasteiger partial charge in [0.25, 0.3) is 11.9 Å². The van der Waals surface area contributed by atoms with Gasteiger partial charge in [-0.3, -0.25) is 4.98 Å². The summed E-state index contributed by atoms with van der Waals surface area (Å²) in [7, 11) is 0. The fourth-order valence-corrected chi connectivity index (χ4v) is 1.17. The van der Waals surface area contributed by atoms with E-state index >= 15 is 0 Å². The van der Waals surface area contributed by atoms with E-state index in [1.165, 1.54) is 24.5 Å². The van der Waals surface area contributed by atoms with E-state index < -0.39 is 29.1 Å². The summed E-state index contributed by atoms with van der Waals surface area (Å²) < 4.78 is 51.9. The average molecular weight is 252 g/mol. The van der Waals surface area contributed by atoms with Crippen LogP contribution in [0.1, 0.15) is 11.1 Å². The van der Waals surface area contributed by atoms with Crippen LogP contribution in [0.5, 0.6) is 0 Å². The van der Waals surface area contributed by atoms with E-state index in [9.17, 15) is 17.6 Å². The molecule has 0 spiro atoms. The molecule has 0 aliphatic heterocycles. The topological polar surface area (TPSA) is 25.8 Å². The Bertz CT molecular complexity index is 618. The minimum Gasteiger partial charge on any atom is -0.265 e. The van der Waals surface area contributed by atoms with Crippen molar-refractivity contribution >= 4 is 0 Å². The number of aromatic nitrogens is 2. The third-order valence-corrected chi connectivity index (χ3v) is 2.01. The van der Waals surface area contributed by atoms with Crippen molar-refractivity contribution in [3.8, 4) is 11.8 Å². The highest BCUT2D eigenvalue weighted by atomic mass is 19.2. The van der Waals surface area contributed by atoms with E-state index in [1.807, 2.05) is 5.92 Å². The zero-order valence-corrected chi connectivity index (χ0v) is 8.72. The molecule has 2 aromatic heterocycles. The largest absolute Gasteiger partial charge is 0.265 e. The Hall–Kier alpha value is -2.42. The molecular formula is C12H4F4N2. The zero-order chi connectivity index (χ0) is 13.1. The molecule has 0 radical (unpaired) electrons. The van der Waals surface area contributed by atoms with Crippen LogP contribution in [-0.4, -0.2) is 9.97 Å². The van der Waals surface area contributed by atoms with E-state index in [2.05, 4.69) is 15.9 Å². The maximum absolute atomic E-state index is 13.2. The van der Waals surface area contributed by atoms with Crippen molar-refractivity contribution < 1.29 is 17.6 Å². The molecule has 0 unspecified atom stereocenters. The van der Waals surface area contributed by atoms with Crippen LogP contribution in [0.25, 0.3) is 0 Å². The zero-order valence-electron chi connectivity index (χ0n) is 8.72. The Morgan fingerprint density at radius 2 is 1.39 bits per heavy atom. The van der Waals surface area contributed by atoms with Crippen molar-refractivity contribution in [2.24, 2.45) is 0 Å². The number of hydrogen-bond donors (Lipinski definition) is 0. The maximum Gasteiger partial charge on any atom is 0.253 e. The van der Waals surface area contributed by atoms with Crippen molar-refractivity contribution in [3.63, 3.8) is 0 Å². The third kappa shape index (κ3) is 2.30. The van der Waals surface area contributed by atoms with E-state index in [4.69, 9.17) is 0 Å². The molecule has 0 aliphatic rings. The highest BCUT2D eigenvalue weighted by Gasteiger charge is 2.18. The number of pyridine rings is 2. The van der Waals surface area contributed by atoms with E-state index in [1.54, 1.807) is 0 Å². The lowest BCUT2D eigenvalue weighted by Gasteiger charge is -1.98. The first-order valence-electron chi connectivity index (χ1n) is 4.71. The number of nitrogens with zero attached hydrogens (tertiary/aromatic N) is 2. The standard InChI is InChI=1S/C12H4F4N2/c13-9-8(10(14)12(16)18-11(9)15)2-1-7-3-5-17-6-4-7/h3-6H. The fraction of sp³-hybridized carbons (Fsp3) is 0. The van der Waals surface area contributed by atoms with Crippen LogP contribution in [0, 0.1) is 35.4 Å². The van der Waals surface area contributed by atoms with Gasteiger partial charge >= 0.3 is 0 Å². The molecule has 0 fully saturated rings. The van der Waals surface area contributed by atoms with Crippen molar-refractivity contribution in [1.29, 1.82) is 0 Å². The third-order valence-electron chi connectivity index (χ3n) is 2.01. The van der Waals surface area contributed by atoms with Gasteiger partial charge in [0.1, 0.15) is 5.56 Å². The van der Waals surface area contributed by atoms with Crippen LogP contribution in [0.2, 0.25) is 0 Å². The van der Waals surface area contributed by atoms with Gasteiger partial charge < -0.3 is 0 Å². The SMILES string of the molecule is Fc1nc(F)c(F)c(C#Cc2ccncc2)c1F. The summed E-state index contributed by atoms with van der Waals surface area (Å²) in [6, 6.07) is 2.97. The van der Waals surface area contributed by atoms with E-state index in [0.29, 0.717) is 5.56 Å². The molecule has 0 amide bonds. The lowest BCUT2D eigenvalue weighted by molar-refractivity contribution is 0.404. The molecule has 0 N–H and O–H groups in total. The molecule has 18 heavy (non-hydrogen) atoms. The second-order valence-corrected chi connectivity index (χ2v) is 3.18. The van der Waals surface area contributed by atoms with Crippen molar-refractivity contribution in [1.82, 2.24) is 9.97 Å². The molecular weight excluding hydrogens is 248 g/mol. The number of hydrogen-bond acceptors (Lipinski definition) is 2. The normalized spacial score (nSPS) is 9.78. The molecule has 2 nitrogen and oxygen atoms in total. The Kier molecular flexibility index (Phi) is 3.24. The Balaban J connectivity index is 2.51. The van der Waals surface area contributed by atoms with Crippen molar-refractivity contribution in [2.45, 2.75) is 0 Å². The van der Waals surface area contributed by atoms with Gasteiger partial charge in [-0.2, -0.15) is 13.8 Å². The predicted molar refractivity (Wildman–Crippen MR) is 54.3 cm³/mol. The minimum absolute atomic E-state index is 0.404. The van der Waals surface area contributed by atoms with Gasteiger partial charge in [-0.15, -0.1) is 0 Å². The monoisotopic (exact) mass is 252 g/mol. The van der Waals surface area contributed by atoms with Crippen molar-refractivity contribution in [3.05, 3.63) is 59.2 Å². The molecule has 0 saturated heterocycles. The smallest absolute Gasteiger partial charge is 0.253 e. The van der Waals surface area contributed by atoms with Gasteiger partial charge in [-0.25, -0.2) is 8.78 Å². The summed E-state index contributed by atoms with van der Waals surface area (Å²) in [4.78, 5) is 6.15. The lowest BCUT2D eigenvalue weighted by atomic mass is 10.2. The molecule has 0 saturated carbocycles. The van der Waals surface area contributed by atoms with Crippen LogP contribution < -0.4 is 0 Å². The molecule has 2 heterocycles. The number of halogens is 4. The molecule has 0 aliphatic carbocycles. The van der Waals surface area contributed by atoms with Crippen LogP contribution >= 0.6 is 0 Å². The Morgan fingerprint density at radius 3 is 1.94 bits per heavy atom. The summed E-state index contributed by atoms with van der Waals surface area (Å²) in [5.41, 5.74) is -0.585. The molecule has 90 valence electrons. The molecule has 0 bridgehead atoms. The summed E-state index contributed by atoms with van der Waals surface area (Å²) in [5.74, 6) is -2.29. The average Bonchev–Trinajstić information content (AvgIpc) is 2.38. The summed E-state index contributed by atoms with van der Waals surface area (Å²) in [6.07, 6.45) is 2.84. The fourth-order valence-electron chi connectivity index (χ4n) is 1.17. The van der Waals surface area contributed by atoms with Gasteiger partial charge in [-0.1, -0.05) is 11.8 Å². The Morgan fingerprint density at radius 1 is 0.833 bits per heavy atom. The quantitative estimate of drug-likeness (QED) is 0.409. The highest BCUT2D eigenvalue weighted by molar-refractivity contribution is 5.42. The van der Waals surface area contributed by atoms with Gasteiger partial charge in [0.05, 0.1) is 0 Å². The van der Waals surface area contributed by atoms with Gasteiger partial charge in [0.2, 0.25) is 0 Å². The van der Waals surface area contributed by atoms with Crippen molar-refractivity contribution in [2.75, 3.05) is 0 Å². The number of rotatable bonds is 0. The van der Waals surface area contributed by atoms with Crippen LogP contribution in [0.3, 0.4) is 0 Å². The van der Waals surface area contributed by atoms with Gasteiger partial charge in [-0.05, 0) is 12.1 Å². The lowest BCUT2D eigenvalue weighted by Crippen LogP contribution is -2.03. The van der Waals surface area contributed by atoms with Crippen LogP contribution in [0.4, 0.5) is 17.6 Å². The highest BCUT2D eigenvalue weighted by Crippen LogP contribution is 2.15. The maximum atomic E-state index is 13.2. The molecule has 2 aromatic rings. The predicted octanol–water partition coefficient (Wildman–Crippen LogP) is 2.43. The minimum atomic E-state index is -1.73. The Labute approximate surface area is 99.3 Å². The van der Waals surface area contributed by atoms with E-state index in [-0.39, 0.29) is 0 Å². The molecule has 0 aromatic carbocycles. The summed E-state index contributed by atoms with van der Waals surface area (Å²) in [6.45, 7) is 0. The molecule has 2 rings (SSSR count).